The van der Waals surface area contributed by atoms with Crippen LogP contribution in [-0.4, -0.2) is 32.5 Å². The Morgan fingerprint density at radius 1 is 1.43 bits per heavy atom. The van der Waals surface area contributed by atoms with E-state index in [9.17, 15) is 8.42 Å². The number of thioether (sulfide) groups is 1. The van der Waals surface area contributed by atoms with Crippen molar-refractivity contribution in [3.63, 3.8) is 0 Å². The molecule has 2 N–H and O–H groups in total. The van der Waals surface area contributed by atoms with Crippen molar-refractivity contribution in [2.45, 2.75) is 37.2 Å². The summed E-state index contributed by atoms with van der Waals surface area (Å²) < 4.78 is 27.5. The molecule has 1 aromatic carbocycles. The zero-order chi connectivity index (χ0) is 15.3. The van der Waals surface area contributed by atoms with E-state index in [4.69, 9.17) is 11.6 Å². The Bertz CT molecular complexity index is 572. The maximum absolute atomic E-state index is 12.4. The smallest absolute Gasteiger partial charge is 0.240 e. The van der Waals surface area contributed by atoms with Crippen molar-refractivity contribution in [2.24, 2.45) is 0 Å². The largest absolute Gasteiger partial charge is 0.313 e. The van der Waals surface area contributed by atoms with Gasteiger partial charge in [0.25, 0.3) is 0 Å². The van der Waals surface area contributed by atoms with E-state index in [1.165, 1.54) is 6.07 Å². The third kappa shape index (κ3) is 4.86. The Labute approximate surface area is 136 Å². The number of hydrogen-bond acceptors (Lipinski definition) is 4. The summed E-state index contributed by atoms with van der Waals surface area (Å²) in [5.74, 6) is 1.95. The molecule has 2 rings (SSSR count). The van der Waals surface area contributed by atoms with Gasteiger partial charge >= 0.3 is 0 Å². The van der Waals surface area contributed by atoms with Gasteiger partial charge < -0.3 is 5.32 Å². The van der Waals surface area contributed by atoms with Crippen LogP contribution in [0.4, 0.5) is 0 Å². The van der Waals surface area contributed by atoms with Crippen molar-refractivity contribution < 1.29 is 8.42 Å². The van der Waals surface area contributed by atoms with Crippen molar-refractivity contribution in [3.8, 4) is 0 Å². The molecule has 1 unspecified atom stereocenters. The Balaban J connectivity index is 2.10. The number of rotatable bonds is 6. The molecular weight excluding hydrogens is 328 g/mol. The average Bonchev–Trinajstić information content (AvgIpc) is 2.46. The highest BCUT2D eigenvalue weighted by Gasteiger charge is 2.22. The van der Waals surface area contributed by atoms with Crippen molar-refractivity contribution >= 4 is 33.4 Å². The second kappa shape index (κ2) is 7.83. The van der Waals surface area contributed by atoms with E-state index in [2.05, 4.69) is 10.0 Å². The minimum atomic E-state index is -3.49. The molecule has 0 saturated carbocycles. The molecule has 1 aliphatic heterocycles. The summed E-state index contributed by atoms with van der Waals surface area (Å²) in [7, 11) is -3.49. The molecule has 0 amide bonds. The Morgan fingerprint density at radius 2 is 2.24 bits per heavy atom. The summed E-state index contributed by atoms with van der Waals surface area (Å²) in [5, 5.41) is 3.66. The molecule has 1 atom stereocenters. The first kappa shape index (κ1) is 17.1. The van der Waals surface area contributed by atoms with Crippen LogP contribution in [0.2, 0.25) is 5.02 Å². The van der Waals surface area contributed by atoms with Gasteiger partial charge in [-0.1, -0.05) is 24.6 Å². The molecule has 4 nitrogen and oxygen atoms in total. The number of benzene rings is 1. The van der Waals surface area contributed by atoms with Gasteiger partial charge in [-0.25, -0.2) is 13.1 Å². The van der Waals surface area contributed by atoms with Gasteiger partial charge in [0, 0.05) is 23.4 Å². The highest BCUT2D eigenvalue weighted by Crippen LogP contribution is 2.23. The summed E-state index contributed by atoms with van der Waals surface area (Å²) in [4.78, 5) is 0.239. The Hall–Kier alpha value is -0.270. The highest BCUT2D eigenvalue weighted by atomic mass is 35.5. The van der Waals surface area contributed by atoms with E-state index in [0.717, 1.165) is 36.5 Å². The number of nitrogens with one attached hydrogen (secondary N) is 2. The van der Waals surface area contributed by atoms with Gasteiger partial charge in [0.2, 0.25) is 10.0 Å². The third-order valence-electron chi connectivity index (χ3n) is 3.38. The van der Waals surface area contributed by atoms with Crippen LogP contribution in [0.5, 0.6) is 0 Å². The molecule has 1 fully saturated rings. The van der Waals surface area contributed by atoms with Crippen molar-refractivity contribution in [3.05, 3.63) is 28.8 Å². The predicted molar refractivity (Wildman–Crippen MR) is 89.5 cm³/mol. The molecular formula is C14H21ClN2O2S2. The fourth-order valence-corrected chi connectivity index (χ4v) is 5.01. The van der Waals surface area contributed by atoms with Gasteiger partial charge in [0.15, 0.2) is 0 Å². The third-order valence-corrected chi connectivity index (χ3v) is 6.47. The lowest BCUT2D eigenvalue weighted by atomic mass is 10.2. The van der Waals surface area contributed by atoms with Crippen molar-refractivity contribution in [2.75, 3.05) is 18.1 Å². The summed E-state index contributed by atoms with van der Waals surface area (Å²) >= 11 is 7.97. The zero-order valence-corrected chi connectivity index (χ0v) is 14.5. The van der Waals surface area contributed by atoms with Crippen LogP contribution in [-0.2, 0) is 16.6 Å². The summed E-state index contributed by atoms with van der Waals surface area (Å²) in [5.41, 5.74) is 0.908. The summed E-state index contributed by atoms with van der Waals surface area (Å²) in [6.45, 7) is 3.50. The fraction of sp³-hybridized carbons (Fsp3) is 0.571. The topological polar surface area (TPSA) is 58.2 Å². The van der Waals surface area contributed by atoms with E-state index < -0.39 is 10.0 Å². The lowest BCUT2D eigenvalue weighted by molar-refractivity contribution is 0.543. The summed E-state index contributed by atoms with van der Waals surface area (Å²) in [6, 6.07) is 4.95. The van der Waals surface area contributed by atoms with Gasteiger partial charge in [-0.2, -0.15) is 11.8 Å². The van der Waals surface area contributed by atoms with Gasteiger partial charge in [0.1, 0.15) is 0 Å². The SMILES string of the molecule is CCNCc1ccc(S(=O)(=O)NC2CCCSC2)cc1Cl. The Morgan fingerprint density at radius 3 is 2.86 bits per heavy atom. The molecule has 0 bridgehead atoms. The number of hydrogen-bond donors (Lipinski definition) is 2. The Kier molecular flexibility index (Phi) is 6.37. The van der Waals surface area contributed by atoms with Crippen LogP contribution < -0.4 is 10.0 Å². The summed E-state index contributed by atoms with van der Waals surface area (Å²) in [6.07, 6.45) is 1.96. The standard InChI is InChI=1S/C14H21ClN2O2S2/c1-2-16-9-11-5-6-13(8-14(11)15)21(18,19)17-12-4-3-7-20-10-12/h5-6,8,12,16-17H,2-4,7,9-10H2,1H3. The maximum Gasteiger partial charge on any atom is 0.240 e. The van der Waals surface area contributed by atoms with Gasteiger partial charge in [-0.05, 0) is 42.8 Å². The predicted octanol–water partition coefficient (Wildman–Crippen LogP) is 2.62. The van der Waals surface area contributed by atoms with Crippen LogP contribution >= 0.6 is 23.4 Å². The molecule has 7 heteroatoms. The molecule has 1 saturated heterocycles. The minimum Gasteiger partial charge on any atom is -0.313 e. The molecule has 118 valence electrons. The van der Waals surface area contributed by atoms with E-state index in [0.29, 0.717) is 11.6 Å². The van der Waals surface area contributed by atoms with E-state index in [-0.39, 0.29) is 10.9 Å². The van der Waals surface area contributed by atoms with Gasteiger partial charge in [-0.15, -0.1) is 0 Å². The molecule has 0 radical (unpaired) electrons. The normalized spacial score (nSPS) is 19.6. The second-order valence-electron chi connectivity index (χ2n) is 5.07. The van der Waals surface area contributed by atoms with Crippen LogP contribution in [0.25, 0.3) is 0 Å². The maximum atomic E-state index is 12.4. The first-order chi connectivity index (χ1) is 10.0. The molecule has 0 spiro atoms. The number of halogens is 1. The first-order valence-electron chi connectivity index (χ1n) is 7.12. The van der Waals surface area contributed by atoms with Crippen LogP contribution in [0.1, 0.15) is 25.3 Å². The molecule has 0 aliphatic carbocycles. The van der Waals surface area contributed by atoms with E-state index in [1.54, 1.807) is 23.9 Å². The molecule has 1 aromatic rings. The molecule has 21 heavy (non-hydrogen) atoms. The van der Waals surface area contributed by atoms with Crippen LogP contribution in [0.3, 0.4) is 0 Å². The average molecular weight is 349 g/mol. The minimum absolute atomic E-state index is 0.0222. The van der Waals surface area contributed by atoms with Crippen molar-refractivity contribution in [1.82, 2.24) is 10.0 Å². The van der Waals surface area contributed by atoms with Crippen molar-refractivity contribution in [1.29, 1.82) is 0 Å². The second-order valence-corrected chi connectivity index (χ2v) is 8.34. The highest BCUT2D eigenvalue weighted by molar-refractivity contribution is 7.99. The molecule has 1 aliphatic rings. The lowest BCUT2D eigenvalue weighted by Crippen LogP contribution is -2.38. The molecule has 0 aromatic heterocycles. The van der Waals surface area contributed by atoms with Crippen LogP contribution in [0, 0.1) is 0 Å². The number of sulfonamides is 1. The lowest BCUT2D eigenvalue weighted by Gasteiger charge is -2.22. The zero-order valence-electron chi connectivity index (χ0n) is 12.1. The molecule has 1 heterocycles. The fourth-order valence-electron chi connectivity index (χ4n) is 2.22. The van der Waals surface area contributed by atoms with E-state index >= 15 is 0 Å². The monoisotopic (exact) mass is 348 g/mol. The first-order valence-corrected chi connectivity index (χ1v) is 10.1. The quantitative estimate of drug-likeness (QED) is 0.829. The van der Waals surface area contributed by atoms with Gasteiger partial charge in [-0.3, -0.25) is 0 Å². The van der Waals surface area contributed by atoms with Gasteiger partial charge in [0.05, 0.1) is 4.90 Å². The van der Waals surface area contributed by atoms with Crippen LogP contribution in [0.15, 0.2) is 23.1 Å². The van der Waals surface area contributed by atoms with E-state index in [1.807, 2.05) is 6.92 Å².